The van der Waals surface area contributed by atoms with E-state index < -0.39 is 0 Å². The number of amides is 1. The third-order valence-corrected chi connectivity index (χ3v) is 5.33. The van der Waals surface area contributed by atoms with Crippen molar-refractivity contribution in [1.29, 1.82) is 0 Å². The molecule has 7 heteroatoms. The number of aryl methyl sites for hydroxylation is 2. The van der Waals surface area contributed by atoms with Gasteiger partial charge in [0, 0.05) is 44.3 Å². The Hall–Kier alpha value is -2.15. The van der Waals surface area contributed by atoms with Crippen LogP contribution in [0.25, 0.3) is 0 Å². The zero-order chi connectivity index (χ0) is 16.7. The molecular weight excluding hydrogens is 304 g/mol. The minimum Gasteiger partial charge on any atom is -0.349 e. The van der Waals surface area contributed by atoms with Crippen LogP contribution in [-0.4, -0.2) is 49.7 Å². The Bertz CT molecular complexity index is 742. The molecule has 0 aromatic carbocycles. The molecule has 1 spiro atoms. The van der Waals surface area contributed by atoms with Crippen LogP contribution in [0, 0.1) is 12.3 Å². The van der Waals surface area contributed by atoms with Gasteiger partial charge in [-0.1, -0.05) is 0 Å². The van der Waals surface area contributed by atoms with Gasteiger partial charge in [-0.15, -0.1) is 0 Å². The number of aromatic nitrogens is 4. The van der Waals surface area contributed by atoms with Crippen molar-refractivity contribution in [1.82, 2.24) is 30.0 Å². The molecule has 0 radical (unpaired) electrons. The molecule has 2 aliphatic rings. The van der Waals surface area contributed by atoms with Gasteiger partial charge in [0.2, 0.25) is 0 Å². The van der Waals surface area contributed by atoms with E-state index in [1.807, 2.05) is 20.2 Å². The molecule has 0 unspecified atom stereocenters. The Kier molecular flexibility index (Phi) is 3.68. The zero-order valence-electron chi connectivity index (χ0n) is 14.2. The second kappa shape index (κ2) is 5.73. The molecule has 1 amide bonds. The summed E-state index contributed by atoms with van der Waals surface area (Å²) in [5.41, 5.74) is 2.22. The molecule has 1 aliphatic carbocycles. The van der Waals surface area contributed by atoms with Crippen LogP contribution in [-0.2, 0) is 13.6 Å². The molecule has 2 aromatic heterocycles. The molecule has 24 heavy (non-hydrogen) atoms. The fourth-order valence-electron chi connectivity index (χ4n) is 4.18. The highest BCUT2D eigenvalue weighted by Crippen LogP contribution is 2.48. The van der Waals surface area contributed by atoms with Gasteiger partial charge >= 0.3 is 0 Å². The maximum Gasteiger partial charge on any atom is 0.254 e. The number of hydrogen-bond donors (Lipinski definition) is 2. The number of rotatable bonds is 4. The number of nitrogens with zero attached hydrogens (tertiary/aromatic N) is 4. The average molecular weight is 328 g/mol. The van der Waals surface area contributed by atoms with Crippen molar-refractivity contribution in [2.45, 2.75) is 38.8 Å². The highest BCUT2D eigenvalue weighted by atomic mass is 16.1. The minimum atomic E-state index is -0.00858. The van der Waals surface area contributed by atoms with Gasteiger partial charge in [0.1, 0.15) is 5.82 Å². The van der Waals surface area contributed by atoms with Crippen molar-refractivity contribution in [3.8, 4) is 0 Å². The fourth-order valence-corrected chi connectivity index (χ4v) is 4.18. The Morgan fingerprint density at radius 1 is 1.46 bits per heavy atom. The second-order valence-electron chi connectivity index (χ2n) is 7.44. The lowest BCUT2D eigenvalue weighted by molar-refractivity contribution is 0.0693. The molecule has 1 aliphatic heterocycles. The molecule has 7 nitrogen and oxygen atoms in total. The third kappa shape index (κ3) is 2.96. The molecule has 128 valence electrons. The maximum atomic E-state index is 12.2. The van der Waals surface area contributed by atoms with Crippen LogP contribution in [0.5, 0.6) is 0 Å². The Labute approximate surface area is 141 Å². The van der Waals surface area contributed by atoms with Gasteiger partial charge in [0.05, 0.1) is 11.8 Å². The quantitative estimate of drug-likeness (QED) is 0.885. The first-order chi connectivity index (χ1) is 11.5. The van der Waals surface area contributed by atoms with Gasteiger partial charge < -0.3 is 10.3 Å². The molecule has 1 saturated heterocycles. The molecule has 0 bridgehead atoms. The van der Waals surface area contributed by atoms with Crippen molar-refractivity contribution in [2.24, 2.45) is 12.5 Å². The van der Waals surface area contributed by atoms with Gasteiger partial charge in [-0.25, -0.2) is 4.98 Å². The van der Waals surface area contributed by atoms with Crippen LogP contribution >= 0.6 is 0 Å². The lowest BCUT2D eigenvalue weighted by atomic mass is 9.65. The van der Waals surface area contributed by atoms with Crippen LogP contribution in [0.3, 0.4) is 0 Å². The molecular formula is C17H24N6O. The van der Waals surface area contributed by atoms with Crippen molar-refractivity contribution in [3.05, 3.63) is 35.7 Å². The van der Waals surface area contributed by atoms with E-state index in [0.717, 1.165) is 38.3 Å². The topological polar surface area (TPSA) is 78.8 Å². The molecule has 0 atom stereocenters. The van der Waals surface area contributed by atoms with E-state index in [9.17, 15) is 4.79 Å². The summed E-state index contributed by atoms with van der Waals surface area (Å²) >= 11 is 0. The summed E-state index contributed by atoms with van der Waals surface area (Å²) in [6, 6.07) is 0.298. The smallest absolute Gasteiger partial charge is 0.254 e. The highest BCUT2D eigenvalue weighted by Gasteiger charge is 2.48. The second-order valence-corrected chi connectivity index (χ2v) is 7.44. The van der Waals surface area contributed by atoms with Gasteiger partial charge in [0.15, 0.2) is 0 Å². The van der Waals surface area contributed by atoms with Gasteiger partial charge in [-0.3, -0.25) is 14.4 Å². The number of imidazole rings is 1. The average Bonchev–Trinajstić information content (AvgIpc) is 3.20. The number of hydrogen-bond acceptors (Lipinski definition) is 4. The molecule has 2 N–H and O–H groups in total. The summed E-state index contributed by atoms with van der Waals surface area (Å²) in [4.78, 5) is 22.3. The van der Waals surface area contributed by atoms with Crippen molar-refractivity contribution < 1.29 is 4.79 Å². The highest BCUT2D eigenvalue weighted by molar-refractivity contribution is 5.93. The molecule has 3 heterocycles. The number of carbonyl (C=O) groups is 1. The normalized spacial score (nSPS) is 26.7. The predicted molar refractivity (Wildman–Crippen MR) is 89.3 cm³/mol. The van der Waals surface area contributed by atoms with Crippen LogP contribution in [0.2, 0.25) is 0 Å². The number of H-pyrrole nitrogens is 1. The largest absolute Gasteiger partial charge is 0.349 e. The summed E-state index contributed by atoms with van der Waals surface area (Å²) in [5.74, 6) is 0.964. The summed E-state index contributed by atoms with van der Waals surface area (Å²) in [5, 5.41) is 7.19. The third-order valence-electron chi connectivity index (χ3n) is 5.33. The van der Waals surface area contributed by atoms with E-state index in [-0.39, 0.29) is 5.91 Å². The first-order valence-electron chi connectivity index (χ1n) is 8.54. The summed E-state index contributed by atoms with van der Waals surface area (Å²) in [6.45, 7) is 5.16. The Balaban J connectivity index is 1.27. The zero-order valence-corrected chi connectivity index (χ0v) is 14.2. The monoisotopic (exact) mass is 328 g/mol. The van der Waals surface area contributed by atoms with E-state index in [1.165, 1.54) is 12.1 Å². The van der Waals surface area contributed by atoms with Gasteiger partial charge in [-0.2, -0.15) is 5.10 Å². The molecule has 4 rings (SSSR count). The first-order valence-corrected chi connectivity index (χ1v) is 8.54. The number of nitrogens with one attached hydrogen (secondary N) is 2. The summed E-state index contributed by atoms with van der Waals surface area (Å²) < 4.78 is 1.66. The van der Waals surface area contributed by atoms with Crippen molar-refractivity contribution in [3.63, 3.8) is 0 Å². The van der Waals surface area contributed by atoms with Crippen LogP contribution < -0.4 is 5.32 Å². The first kappa shape index (κ1) is 15.4. The Morgan fingerprint density at radius 3 is 2.96 bits per heavy atom. The fraction of sp³-hybridized carbons (Fsp3) is 0.588. The van der Waals surface area contributed by atoms with E-state index in [4.69, 9.17) is 0 Å². The number of aromatic amines is 1. The lowest BCUT2D eigenvalue weighted by Crippen LogP contribution is -2.51. The van der Waals surface area contributed by atoms with E-state index in [1.54, 1.807) is 17.1 Å². The summed E-state index contributed by atoms with van der Waals surface area (Å²) in [7, 11) is 1.82. The van der Waals surface area contributed by atoms with Crippen LogP contribution in [0.1, 0.15) is 41.1 Å². The van der Waals surface area contributed by atoms with E-state index >= 15 is 0 Å². The van der Waals surface area contributed by atoms with E-state index in [0.29, 0.717) is 17.0 Å². The van der Waals surface area contributed by atoms with Gasteiger partial charge in [-0.05, 0) is 38.1 Å². The number of likely N-dealkylation sites (tertiary alicyclic amines) is 1. The lowest BCUT2D eigenvalue weighted by Gasteiger charge is -2.45. The molecule has 2 fully saturated rings. The van der Waals surface area contributed by atoms with Crippen LogP contribution in [0.15, 0.2) is 18.6 Å². The standard InChI is InChI=1S/C17H24N6O/c1-12-18-8-15(20-12)10-23-4-3-17(11-23)5-14(6-17)21-16(24)13-7-19-22(2)9-13/h7-9,14H,3-6,10-11H2,1-2H3,(H,18,20)(H,21,24). The minimum absolute atomic E-state index is 0.00858. The molecule has 2 aromatic rings. The summed E-state index contributed by atoms with van der Waals surface area (Å²) in [6.07, 6.45) is 8.69. The maximum absolute atomic E-state index is 12.2. The Morgan fingerprint density at radius 2 is 2.29 bits per heavy atom. The predicted octanol–water partition coefficient (Wildman–Crippen LogP) is 1.24. The van der Waals surface area contributed by atoms with Crippen molar-refractivity contribution >= 4 is 5.91 Å². The SMILES string of the molecule is Cc1ncc(CN2CCC3(CC(NC(=O)c4cnn(C)c4)C3)C2)[nH]1. The van der Waals surface area contributed by atoms with Crippen LogP contribution in [0.4, 0.5) is 0 Å². The molecule has 1 saturated carbocycles. The van der Waals surface area contributed by atoms with E-state index in [2.05, 4.69) is 25.3 Å². The van der Waals surface area contributed by atoms with Gasteiger partial charge in [0.25, 0.3) is 5.91 Å². The van der Waals surface area contributed by atoms with Crippen molar-refractivity contribution in [2.75, 3.05) is 13.1 Å². The number of carbonyl (C=O) groups excluding carboxylic acids is 1.